The third kappa shape index (κ3) is 5.55. The van der Waals surface area contributed by atoms with E-state index in [4.69, 9.17) is 11.6 Å². The SMILES string of the molecule is Cc1ccc(S(=O)(=O)N(CC(=O)N/N=C\c2cccc(C)c2)c2cccc(Cl)c2C)cc1. The molecule has 3 aromatic rings. The second-order valence-corrected chi connectivity index (χ2v) is 9.69. The smallest absolute Gasteiger partial charge is 0.264 e. The number of carbonyl (C=O) groups is 1. The number of hydrazone groups is 1. The molecule has 0 unspecified atom stereocenters. The Morgan fingerprint density at radius 2 is 1.69 bits per heavy atom. The third-order valence-corrected chi connectivity index (χ3v) is 7.03. The summed E-state index contributed by atoms with van der Waals surface area (Å²) in [5.41, 5.74) is 6.10. The van der Waals surface area contributed by atoms with Crippen molar-refractivity contribution in [1.82, 2.24) is 5.43 Å². The molecule has 8 heteroatoms. The molecule has 0 aliphatic rings. The molecule has 166 valence electrons. The lowest BCUT2D eigenvalue weighted by molar-refractivity contribution is -0.119. The molecule has 0 fully saturated rings. The van der Waals surface area contributed by atoms with Crippen LogP contribution in [0.2, 0.25) is 5.02 Å². The molecule has 1 N–H and O–H groups in total. The number of sulfonamides is 1. The number of benzene rings is 3. The lowest BCUT2D eigenvalue weighted by atomic mass is 10.2. The minimum absolute atomic E-state index is 0.0820. The van der Waals surface area contributed by atoms with Gasteiger partial charge in [-0.15, -0.1) is 0 Å². The number of rotatable bonds is 7. The zero-order chi connectivity index (χ0) is 23.3. The number of aryl methyl sites for hydroxylation is 2. The number of nitrogens with one attached hydrogen (secondary N) is 1. The van der Waals surface area contributed by atoms with Crippen molar-refractivity contribution in [2.24, 2.45) is 5.10 Å². The minimum atomic E-state index is -4.03. The van der Waals surface area contributed by atoms with Crippen LogP contribution < -0.4 is 9.73 Å². The predicted octanol–water partition coefficient (Wildman–Crippen LogP) is 4.61. The molecule has 0 aromatic heterocycles. The van der Waals surface area contributed by atoms with E-state index in [1.54, 1.807) is 37.3 Å². The first-order valence-electron chi connectivity index (χ1n) is 9.91. The summed E-state index contributed by atoms with van der Waals surface area (Å²) in [6.45, 7) is 5.08. The number of anilines is 1. The quantitative estimate of drug-likeness (QED) is 0.405. The summed E-state index contributed by atoms with van der Waals surface area (Å²) >= 11 is 6.23. The van der Waals surface area contributed by atoms with Gasteiger partial charge in [-0.05, 0) is 56.2 Å². The van der Waals surface area contributed by atoms with Gasteiger partial charge in [0.1, 0.15) is 6.54 Å². The zero-order valence-corrected chi connectivity index (χ0v) is 19.6. The first kappa shape index (κ1) is 23.5. The molecule has 3 aromatic carbocycles. The maximum absolute atomic E-state index is 13.4. The van der Waals surface area contributed by atoms with Crippen LogP contribution in [-0.4, -0.2) is 27.1 Å². The van der Waals surface area contributed by atoms with Crippen LogP contribution in [0, 0.1) is 20.8 Å². The Hall–Kier alpha value is -3.16. The number of amides is 1. The molecule has 0 bridgehead atoms. The Morgan fingerprint density at radius 1 is 1.00 bits per heavy atom. The van der Waals surface area contributed by atoms with Gasteiger partial charge in [0.2, 0.25) is 0 Å². The monoisotopic (exact) mass is 469 g/mol. The van der Waals surface area contributed by atoms with Crippen LogP contribution in [0.1, 0.15) is 22.3 Å². The summed E-state index contributed by atoms with van der Waals surface area (Å²) in [7, 11) is -4.03. The summed E-state index contributed by atoms with van der Waals surface area (Å²) in [5.74, 6) is -0.580. The third-order valence-electron chi connectivity index (χ3n) is 4.85. The van der Waals surface area contributed by atoms with Gasteiger partial charge in [0.25, 0.3) is 15.9 Å². The predicted molar refractivity (Wildman–Crippen MR) is 129 cm³/mol. The van der Waals surface area contributed by atoms with Gasteiger partial charge >= 0.3 is 0 Å². The van der Waals surface area contributed by atoms with Crippen LogP contribution in [0.25, 0.3) is 0 Å². The summed E-state index contributed by atoms with van der Waals surface area (Å²) in [6.07, 6.45) is 1.51. The Morgan fingerprint density at radius 3 is 2.38 bits per heavy atom. The molecule has 0 spiro atoms. The fraction of sp³-hybridized carbons (Fsp3) is 0.167. The van der Waals surface area contributed by atoms with Crippen molar-refractivity contribution < 1.29 is 13.2 Å². The van der Waals surface area contributed by atoms with Crippen LogP contribution in [0.4, 0.5) is 5.69 Å². The molecule has 6 nitrogen and oxygen atoms in total. The van der Waals surface area contributed by atoms with Gasteiger partial charge < -0.3 is 0 Å². The molecule has 0 aliphatic heterocycles. The maximum atomic E-state index is 13.4. The van der Waals surface area contributed by atoms with Gasteiger partial charge in [0.05, 0.1) is 16.8 Å². The van der Waals surface area contributed by atoms with E-state index in [-0.39, 0.29) is 4.90 Å². The highest BCUT2D eigenvalue weighted by molar-refractivity contribution is 7.92. The summed E-state index contributed by atoms with van der Waals surface area (Å²) in [5, 5.41) is 4.37. The van der Waals surface area contributed by atoms with Crippen LogP contribution in [0.15, 0.2) is 76.7 Å². The topological polar surface area (TPSA) is 78.8 Å². The highest BCUT2D eigenvalue weighted by atomic mass is 35.5. The molecule has 3 rings (SSSR count). The molecule has 0 saturated carbocycles. The highest BCUT2D eigenvalue weighted by Crippen LogP contribution is 2.30. The van der Waals surface area contributed by atoms with Crippen molar-refractivity contribution in [3.05, 3.63) is 94.0 Å². The van der Waals surface area contributed by atoms with Gasteiger partial charge in [-0.1, -0.05) is 65.2 Å². The standard InChI is InChI=1S/C24H24ClN3O3S/c1-17-10-12-21(13-11-17)32(30,31)28(23-9-5-8-22(25)19(23)3)16-24(29)27-26-15-20-7-4-6-18(2)14-20/h4-15H,16H2,1-3H3,(H,27,29)/b26-15-. The Balaban J connectivity index is 1.90. The lowest BCUT2D eigenvalue weighted by Crippen LogP contribution is -2.40. The molecule has 0 radical (unpaired) electrons. The first-order valence-corrected chi connectivity index (χ1v) is 11.7. The molecule has 1 amide bonds. The van der Waals surface area contributed by atoms with Crippen LogP contribution in [0.5, 0.6) is 0 Å². The molecule has 32 heavy (non-hydrogen) atoms. The second-order valence-electron chi connectivity index (χ2n) is 7.42. The van der Waals surface area contributed by atoms with Crippen LogP contribution in [-0.2, 0) is 14.8 Å². The van der Waals surface area contributed by atoms with Crippen molar-refractivity contribution in [3.8, 4) is 0 Å². The van der Waals surface area contributed by atoms with E-state index in [9.17, 15) is 13.2 Å². The lowest BCUT2D eigenvalue weighted by Gasteiger charge is -2.25. The van der Waals surface area contributed by atoms with E-state index >= 15 is 0 Å². The van der Waals surface area contributed by atoms with Crippen molar-refractivity contribution >= 4 is 39.4 Å². The molecule has 0 heterocycles. The average molecular weight is 470 g/mol. The molecule has 0 saturated heterocycles. The average Bonchev–Trinajstić information content (AvgIpc) is 2.74. The van der Waals surface area contributed by atoms with Gasteiger partial charge in [-0.2, -0.15) is 5.10 Å². The van der Waals surface area contributed by atoms with Gasteiger partial charge in [0.15, 0.2) is 0 Å². The van der Waals surface area contributed by atoms with Crippen molar-refractivity contribution in [2.45, 2.75) is 25.7 Å². The Bertz CT molecular complexity index is 1260. The van der Waals surface area contributed by atoms with E-state index in [0.29, 0.717) is 16.3 Å². The van der Waals surface area contributed by atoms with Crippen molar-refractivity contribution in [1.29, 1.82) is 0 Å². The van der Waals surface area contributed by atoms with E-state index < -0.39 is 22.5 Å². The summed E-state index contributed by atoms with van der Waals surface area (Å²) < 4.78 is 27.9. The largest absolute Gasteiger partial charge is 0.271 e. The Kier molecular flexibility index (Phi) is 7.33. The highest BCUT2D eigenvalue weighted by Gasteiger charge is 2.28. The van der Waals surface area contributed by atoms with Crippen LogP contribution in [0.3, 0.4) is 0 Å². The molecule has 0 atom stereocenters. The molecular weight excluding hydrogens is 446 g/mol. The normalized spacial score (nSPS) is 11.5. The first-order chi connectivity index (χ1) is 15.2. The summed E-state index contributed by atoms with van der Waals surface area (Å²) in [4.78, 5) is 12.7. The Labute approximate surface area is 193 Å². The van der Waals surface area contributed by atoms with Crippen molar-refractivity contribution in [2.75, 3.05) is 10.8 Å². The zero-order valence-electron chi connectivity index (χ0n) is 18.0. The van der Waals surface area contributed by atoms with E-state index in [1.807, 2.05) is 38.1 Å². The molecule has 0 aliphatic carbocycles. The fourth-order valence-electron chi connectivity index (χ4n) is 3.10. The van der Waals surface area contributed by atoms with Crippen LogP contribution >= 0.6 is 11.6 Å². The number of nitrogens with zero attached hydrogens (tertiary/aromatic N) is 2. The molecular formula is C24H24ClN3O3S. The fourth-order valence-corrected chi connectivity index (χ4v) is 4.75. The van der Waals surface area contributed by atoms with Gasteiger partial charge in [-0.25, -0.2) is 13.8 Å². The number of hydrogen-bond acceptors (Lipinski definition) is 4. The second kappa shape index (κ2) is 9.97. The summed E-state index contributed by atoms with van der Waals surface area (Å²) in [6, 6.07) is 19.0. The van der Waals surface area contributed by atoms with E-state index in [2.05, 4.69) is 10.5 Å². The maximum Gasteiger partial charge on any atom is 0.264 e. The number of carbonyl (C=O) groups excluding carboxylic acids is 1. The van der Waals surface area contributed by atoms with E-state index in [0.717, 1.165) is 21.0 Å². The minimum Gasteiger partial charge on any atom is -0.271 e. The van der Waals surface area contributed by atoms with Gasteiger partial charge in [-0.3, -0.25) is 9.10 Å². The van der Waals surface area contributed by atoms with E-state index in [1.165, 1.54) is 18.3 Å². The number of halogens is 1. The van der Waals surface area contributed by atoms with Crippen molar-refractivity contribution in [3.63, 3.8) is 0 Å². The number of hydrogen-bond donors (Lipinski definition) is 1. The van der Waals surface area contributed by atoms with Gasteiger partial charge in [0, 0.05) is 5.02 Å².